The van der Waals surface area contributed by atoms with Crippen LogP contribution in [0, 0.1) is 10.1 Å². The molecule has 3 rings (SSSR count). The van der Waals surface area contributed by atoms with E-state index < -0.39 is 10.8 Å². The van der Waals surface area contributed by atoms with Gasteiger partial charge in [-0.05, 0) is 30.3 Å². The number of methoxy groups -OCH3 is 1. The maximum absolute atomic E-state index is 12.1. The van der Waals surface area contributed by atoms with Gasteiger partial charge in [0.05, 0.1) is 12.0 Å². The Bertz CT molecular complexity index is 1060. The van der Waals surface area contributed by atoms with Gasteiger partial charge in [0.25, 0.3) is 11.6 Å². The third-order valence-electron chi connectivity index (χ3n) is 3.98. The molecular formula is C19H17N5O6. The third kappa shape index (κ3) is 4.95. The number of rotatable bonds is 8. The molecule has 0 unspecified atom stereocenters. The minimum Gasteiger partial charge on any atom is -0.497 e. The lowest BCUT2D eigenvalue weighted by Gasteiger charge is -2.07. The molecule has 0 fully saturated rings. The van der Waals surface area contributed by atoms with Gasteiger partial charge in [0, 0.05) is 36.3 Å². The lowest BCUT2D eigenvalue weighted by Crippen LogP contribution is -2.34. The summed E-state index contributed by atoms with van der Waals surface area (Å²) < 4.78 is 9.99. The summed E-state index contributed by atoms with van der Waals surface area (Å²) in [5, 5.41) is 19.6. The topological polar surface area (TPSA) is 149 Å². The zero-order chi connectivity index (χ0) is 21.5. The first-order valence-electron chi connectivity index (χ1n) is 8.77. The van der Waals surface area contributed by atoms with E-state index in [1.165, 1.54) is 31.4 Å². The minimum absolute atomic E-state index is 0.0730. The van der Waals surface area contributed by atoms with Gasteiger partial charge in [0.2, 0.25) is 5.82 Å². The molecule has 11 nitrogen and oxygen atoms in total. The van der Waals surface area contributed by atoms with E-state index in [2.05, 4.69) is 20.8 Å². The van der Waals surface area contributed by atoms with Crippen LogP contribution in [-0.2, 0) is 0 Å². The van der Waals surface area contributed by atoms with Crippen molar-refractivity contribution >= 4 is 17.5 Å². The van der Waals surface area contributed by atoms with Crippen molar-refractivity contribution < 1.29 is 23.8 Å². The van der Waals surface area contributed by atoms with Crippen molar-refractivity contribution in [1.29, 1.82) is 0 Å². The number of hydrogen-bond donors (Lipinski definition) is 2. The standard InChI is InChI=1S/C19H17N5O6/c1-29-15-4-2-3-13(11-15)17(25)20-9-10-21-18(26)19-22-16(23-30-19)12-5-7-14(8-6-12)24(27)28/h2-8,11H,9-10H2,1H3,(H,20,25)(H,21,26). The summed E-state index contributed by atoms with van der Waals surface area (Å²) in [7, 11) is 1.51. The Labute approximate surface area is 170 Å². The molecule has 0 spiro atoms. The van der Waals surface area contributed by atoms with Crippen molar-refractivity contribution in [3.8, 4) is 17.1 Å². The molecule has 1 heterocycles. The molecule has 0 atom stereocenters. The highest BCUT2D eigenvalue weighted by Crippen LogP contribution is 2.19. The number of nitro groups is 1. The molecule has 0 bridgehead atoms. The molecule has 0 aliphatic carbocycles. The normalized spacial score (nSPS) is 10.3. The number of carbonyl (C=O) groups is 2. The van der Waals surface area contributed by atoms with Crippen molar-refractivity contribution in [3.05, 3.63) is 70.1 Å². The third-order valence-corrected chi connectivity index (χ3v) is 3.98. The lowest BCUT2D eigenvalue weighted by atomic mass is 10.2. The van der Waals surface area contributed by atoms with Gasteiger partial charge in [-0.15, -0.1) is 0 Å². The number of hydrogen-bond acceptors (Lipinski definition) is 8. The molecule has 154 valence electrons. The Morgan fingerprint density at radius 2 is 1.80 bits per heavy atom. The van der Waals surface area contributed by atoms with Gasteiger partial charge in [0.15, 0.2) is 0 Å². The van der Waals surface area contributed by atoms with Crippen LogP contribution in [0.2, 0.25) is 0 Å². The SMILES string of the molecule is COc1cccc(C(=O)NCCNC(=O)c2nc(-c3ccc([N+](=O)[O-])cc3)no2)c1. The largest absolute Gasteiger partial charge is 0.497 e. The average molecular weight is 411 g/mol. The number of nitro benzene ring substituents is 1. The van der Waals surface area contributed by atoms with Gasteiger partial charge in [-0.2, -0.15) is 4.98 Å². The zero-order valence-corrected chi connectivity index (χ0v) is 15.8. The number of non-ortho nitro benzene ring substituents is 1. The Kier molecular flexibility index (Phi) is 6.33. The highest BCUT2D eigenvalue weighted by Gasteiger charge is 2.16. The number of aromatic nitrogens is 2. The summed E-state index contributed by atoms with van der Waals surface area (Å²) >= 11 is 0. The fourth-order valence-corrected chi connectivity index (χ4v) is 2.46. The number of nitrogens with one attached hydrogen (secondary N) is 2. The van der Waals surface area contributed by atoms with Crippen LogP contribution in [0.15, 0.2) is 53.1 Å². The number of benzene rings is 2. The maximum Gasteiger partial charge on any atom is 0.316 e. The molecule has 3 aromatic rings. The van der Waals surface area contributed by atoms with E-state index in [9.17, 15) is 19.7 Å². The van der Waals surface area contributed by atoms with Gasteiger partial charge < -0.3 is 19.9 Å². The first kappa shape index (κ1) is 20.5. The highest BCUT2D eigenvalue weighted by atomic mass is 16.6. The average Bonchev–Trinajstić information content (AvgIpc) is 3.27. The molecule has 0 radical (unpaired) electrons. The Morgan fingerprint density at radius 1 is 1.10 bits per heavy atom. The van der Waals surface area contributed by atoms with Crippen LogP contribution < -0.4 is 15.4 Å². The second kappa shape index (κ2) is 9.28. The van der Waals surface area contributed by atoms with Crippen LogP contribution in [0.4, 0.5) is 5.69 Å². The Morgan fingerprint density at radius 3 is 2.47 bits per heavy atom. The van der Waals surface area contributed by atoms with Crippen LogP contribution in [0.5, 0.6) is 5.75 Å². The van der Waals surface area contributed by atoms with E-state index in [0.29, 0.717) is 16.9 Å². The van der Waals surface area contributed by atoms with Crippen LogP contribution >= 0.6 is 0 Å². The maximum atomic E-state index is 12.1. The zero-order valence-electron chi connectivity index (χ0n) is 15.8. The molecule has 2 aromatic carbocycles. The second-order valence-electron chi connectivity index (χ2n) is 5.97. The molecule has 0 aliphatic heterocycles. The van der Waals surface area contributed by atoms with Crippen LogP contribution in [0.25, 0.3) is 11.4 Å². The minimum atomic E-state index is -0.605. The monoisotopic (exact) mass is 411 g/mol. The smallest absolute Gasteiger partial charge is 0.316 e. The predicted molar refractivity (Wildman–Crippen MR) is 104 cm³/mol. The summed E-state index contributed by atoms with van der Waals surface area (Å²) in [4.78, 5) is 38.3. The van der Waals surface area contributed by atoms with Crippen LogP contribution in [0.3, 0.4) is 0 Å². The number of carbonyl (C=O) groups excluding carboxylic acids is 2. The molecule has 0 saturated carbocycles. The molecule has 11 heteroatoms. The first-order valence-corrected chi connectivity index (χ1v) is 8.77. The molecular weight excluding hydrogens is 394 g/mol. The lowest BCUT2D eigenvalue weighted by molar-refractivity contribution is -0.384. The van der Waals surface area contributed by atoms with E-state index in [1.807, 2.05) is 0 Å². The van der Waals surface area contributed by atoms with E-state index >= 15 is 0 Å². The van der Waals surface area contributed by atoms with Gasteiger partial charge in [-0.3, -0.25) is 19.7 Å². The quantitative estimate of drug-likeness (QED) is 0.324. The van der Waals surface area contributed by atoms with Crippen molar-refractivity contribution in [1.82, 2.24) is 20.8 Å². The van der Waals surface area contributed by atoms with Gasteiger partial charge in [0.1, 0.15) is 5.75 Å². The fraction of sp³-hybridized carbons (Fsp3) is 0.158. The number of nitrogens with zero attached hydrogens (tertiary/aromatic N) is 3. The predicted octanol–water partition coefficient (Wildman–Crippen LogP) is 1.81. The highest BCUT2D eigenvalue weighted by molar-refractivity contribution is 5.94. The molecule has 30 heavy (non-hydrogen) atoms. The Balaban J connectivity index is 1.49. The summed E-state index contributed by atoms with van der Waals surface area (Å²) in [6.45, 7) is 0.328. The van der Waals surface area contributed by atoms with E-state index in [4.69, 9.17) is 9.26 Å². The molecule has 0 saturated heterocycles. The second-order valence-corrected chi connectivity index (χ2v) is 5.97. The summed E-state index contributed by atoms with van der Waals surface area (Å²) in [6.07, 6.45) is 0. The van der Waals surface area contributed by atoms with E-state index in [0.717, 1.165) is 0 Å². The fourth-order valence-electron chi connectivity index (χ4n) is 2.46. The summed E-state index contributed by atoms with van der Waals surface area (Å²) in [5.41, 5.74) is 0.829. The first-order chi connectivity index (χ1) is 14.5. The summed E-state index contributed by atoms with van der Waals surface area (Å²) in [5.74, 6) is -0.479. The summed E-state index contributed by atoms with van der Waals surface area (Å²) in [6, 6.07) is 12.2. The van der Waals surface area contributed by atoms with Gasteiger partial charge in [-0.25, -0.2) is 0 Å². The molecule has 0 aliphatic rings. The number of ether oxygens (including phenoxy) is 1. The van der Waals surface area contributed by atoms with E-state index in [1.54, 1.807) is 24.3 Å². The number of amides is 2. The van der Waals surface area contributed by atoms with E-state index in [-0.39, 0.29) is 36.4 Å². The van der Waals surface area contributed by atoms with Crippen LogP contribution in [-0.4, -0.2) is 47.1 Å². The van der Waals surface area contributed by atoms with Gasteiger partial charge in [-0.1, -0.05) is 11.2 Å². The van der Waals surface area contributed by atoms with Gasteiger partial charge >= 0.3 is 11.8 Å². The Hall–Kier alpha value is -4.28. The molecule has 1 aromatic heterocycles. The van der Waals surface area contributed by atoms with Crippen molar-refractivity contribution in [2.45, 2.75) is 0 Å². The van der Waals surface area contributed by atoms with Crippen LogP contribution in [0.1, 0.15) is 21.0 Å². The van der Waals surface area contributed by atoms with Crippen molar-refractivity contribution in [2.75, 3.05) is 20.2 Å². The van der Waals surface area contributed by atoms with Crippen molar-refractivity contribution in [2.24, 2.45) is 0 Å². The molecule has 2 amide bonds. The molecule has 2 N–H and O–H groups in total. The van der Waals surface area contributed by atoms with Crippen molar-refractivity contribution in [3.63, 3.8) is 0 Å².